The number of rotatable bonds is 5. The molecule has 5 nitrogen and oxygen atoms in total. The first-order valence-electron chi connectivity index (χ1n) is 8.11. The highest BCUT2D eigenvalue weighted by atomic mass is 32.2. The van der Waals surface area contributed by atoms with Gasteiger partial charge in [-0.3, -0.25) is 9.89 Å². The first kappa shape index (κ1) is 16.8. The number of amides is 1. The highest BCUT2D eigenvalue weighted by molar-refractivity contribution is 8.00. The molecule has 7 heteroatoms. The van der Waals surface area contributed by atoms with Gasteiger partial charge in [0.05, 0.1) is 10.1 Å². The van der Waals surface area contributed by atoms with E-state index < -0.39 is 0 Å². The van der Waals surface area contributed by atoms with E-state index in [1.165, 1.54) is 11.8 Å². The third-order valence-electron chi connectivity index (χ3n) is 3.89. The third kappa shape index (κ3) is 3.63. The Hall–Kier alpha value is -2.64. The normalized spacial score (nSPS) is 12.2. The number of hydrogen-bond donors (Lipinski definition) is 2. The number of thiophene rings is 1. The van der Waals surface area contributed by atoms with Crippen LogP contribution in [0.4, 0.5) is 5.69 Å². The highest BCUT2D eigenvalue weighted by Gasteiger charge is 2.18. The summed E-state index contributed by atoms with van der Waals surface area (Å²) >= 11 is 2.93. The molecule has 130 valence electrons. The summed E-state index contributed by atoms with van der Waals surface area (Å²) in [5.74, 6) is 0.650. The van der Waals surface area contributed by atoms with Gasteiger partial charge < -0.3 is 5.32 Å². The number of nitrogens with one attached hydrogen (secondary N) is 2. The number of anilines is 1. The molecule has 0 saturated heterocycles. The molecule has 26 heavy (non-hydrogen) atoms. The number of benzene rings is 2. The fourth-order valence-electron chi connectivity index (χ4n) is 2.55. The zero-order valence-corrected chi connectivity index (χ0v) is 15.6. The van der Waals surface area contributed by atoms with Crippen molar-refractivity contribution in [2.75, 3.05) is 5.32 Å². The molecular formula is C19H16N4OS2. The van der Waals surface area contributed by atoms with Crippen molar-refractivity contribution >= 4 is 45.5 Å². The molecule has 0 bridgehead atoms. The number of carbonyl (C=O) groups is 1. The van der Waals surface area contributed by atoms with Crippen molar-refractivity contribution in [3.8, 4) is 10.7 Å². The molecule has 0 saturated carbocycles. The molecule has 4 rings (SSSR count). The van der Waals surface area contributed by atoms with Gasteiger partial charge in [-0.2, -0.15) is 0 Å². The predicted octanol–water partition coefficient (Wildman–Crippen LogP) is 4.81. The minimum Gasteiger partial charge on any atom is -0.325 e. The average Bonchev–Trinajstić information content (AvgIpc) is 3.33. The maximum absolute atomic E-state index is 12.5. The van der Waals surface area contributed by atoms with Gasteiger partial charge in [0, 0.05) is 5.69 Å². The lowest BCUT2D eigenvalue weighted by Crippen LogP contribution is -2.22. The molecule has 0 aliphatic heterocycles. The Balaban J connectivity index is 1.42. The second kappa shape index (κ2) is 7.31. The summed E-state index contributed by atoms with van der Waals surface area (Å²) in [6.45, 7) is 1.85. The second-order valence-corrected chi connectivity index (χ2v) is 8.01. The number of H-pyrrole nitrogens is 1. The van der Waals surface area contributed by atoms with Crippen molar-refractivity contribution < 1.29 is 4.79 Å². The molecule has 2 aromatic carbocycles. The van der Waals surface area contributed by atoms with E-state index in [1.807, 2.05) is 66.9 Å². The van der Waals surface area contributed by atoms with Crippen molar-refractivity contribution in [2.24, 2.45) is 0 Å². The van der Waals surface area contributed by atoms with Gasteiger partial charge >= 0.3 is 0 Å². The number of aromatic amines is 1. The zero-order valence-electron chi connectivity index (χ0n) is 14.0. The van der Waals surface area contributed by atoms with Crippen LogP contribution in [0.3, 0.4) is 0 Å². The summed E-state index contributed by atoms with van der Waals surface area (Å²) in [5.41, 5.74) is 0.787. The Morgan fingerprint density at radius 1 is 1.15 bits per heavy atom. The summed E-state index contributed by atoms with van der Waals surface area (Å²) in [4.78, 5) is 18.0. The Kier molecular flexibility index (Phi) is 4.73. The number of thioether (sulfide) groups is 1. The predicted molar refractivity (Wildman–Crippen MR) is 108 cm³/mol. The number of carbonyl (C=O) groups excluding carboxylic acids is 1. The Bertz CT molecular complexity index is 1040. The summed E-state index contributed by atoms with van der Waals surface area (Å²) in [6, 6.07) is 17.9. The number of nitrogens with zero attached hydrogens (tertiary/aromatic N) is 2. The molecule has 0 radical (unpaired) electrons. The van der Waals surface area contributed by atoms with Crippen molar-refractivity contribution in [3.05, 3.63) is 60.0 Å². The van der Waals surface area contributed by atoms with Crippen LogP contribution in [0.1, 0.15) is 6.92 Å². The van der Waals surface area contributed by atoms with Crippen LogP contribution in [0, 0.1) is 0 Å². The molecule has 0 fully saturated rings. The quantitative estimate of drug-likeness (QED) is 0.488. The summed E-state index contributed by atoms with van der Waals surface area (Å²) < 4.78 is 0. The molecule has 2 heterocycles. The first-order valence-corrected chi connectivity index (χ1v) is 9.87. The first-order chi connectivity index (χ1) is 12.7. The summed E-state index contributed by atoms with van der Waals surface area (Å²) in [5, 5.41) is 14.6. The van der Waals surface area contributed by atoms with E-state index in [9.17, 15) is 4.79 Å². The maximum Gasteiger partial charge on any atom is 0.237 e. The summed E-state index contributed by atoms with van der Waals surface area (Å²) in [6.07, 6.45) is 0. The third-order valence-corrected chi connectivity index (χ3v) is 5.73. The lowest BCUT2D eigenvalue weighted by Gasteiger charge is -2.10. The molecule has 1 amide bonds. The zero-order chi connectivity index (χ0) is 17.9. The molecule has 0 aliphatic carbocycles. The van der Waals surface area contributed by atoms with Gasteiger partial charge in [0.1, 0.15) is 0 Å². The Labute approximate surface area is 158 Å². The lowest BCUT2D eigenvalue weighted by molar-refractivity contribution is -0.115. The van der Waals surface area contributed by atoms with Crippen LogP contribution in [0.2, 0.25) is 0 Å². The van der Waals surface area contributed by atoms with Crippen LogP contribution >= 0.6 is 23.1 Å². The summed E-state index contributed by atoms with van der Waals surface area (Å²) in [7, 11) is 0. The van der Waals surface area contributed by atoms with Crippen LogP contribution < -0.4 is 5.32 Å². The van der Waals surface area contributed by atoms with Crippen molar-refractivity contribution in [1.82, 2.24) is 15.2 Å². The molecule has 1 atom stereocenters. The molecule has 2 aromatic heterocycles. The molecule has 0 aliphatic rings. The van der Waals surface area contributed by atoms with Gasteiger partial charge in [-0.15, -0.1) is 16.4 Å². The molecule has 0 spiro atoms. The SMILES string of the molecule is C[C@H](Sc1n[nH]c(-c2cccs2)n1)C(=O)Nc1ccc2ccccc2c1. The minimum absolute atomic E-state index is 0.0762. The van der Waals surface area contributed by atoms with E-state index in [0.29, 0.717) is 5.16 Å². The van der Waals surface area contributed by atoms with Crippen LogP contribution in [-0.4, -0.2) is 26.3 Å². The van der Waals surface area contributed by atoms with Crippen LogP contribution in [0.5, 0.6) is 0 Å². The maximum atomic E-state index is 12.5. The van der Waals surface area contributed by atoms with Gasteiger partial charge in [-0.05, 0) is 41.3 Å². The highest BCUT2D eigenvalue weighted by Crippen LogP contribution is 2.26. The van der Waals surface area contributed by atoms with E-state index in [0.717, 1.165) is 27.2 Å². The molecule has 0 unspecified atom stereocenters. The van der Waals surface area contributed by atoms with Crippen LogP contribution in [-0.2, 0) is 4.79 Å². The lowest BCUT2D eigenvalue weighted by atomic mass is 10.1. The standard InChI is InChI=1S/C19H16N4OS2/c1-12(26-19-21-17(22-23-19)16-7-4-10-25-16)18(24)20-15-9-8-13-5-2-3-6-14(13)11-15/h2-12H,1H3,(H,20,24)(H,21,22,23)/t12-/m0/s1. The molecular weight excluding hydrogens is 364 g/mol. The largest absolute Gasteiger partial charge is 0.325 e. The monoisotopic (exact) mass is 380 g/mol. The number of hydrogen-bond acceptors (Lipinski definition) is 5. The molecule has 4 aromatic rings. The minimum atomic E-state index is -0.312. The van der Waals surface area contributed by atoms with Crippen molar-refractivity contribution in [3.63, 3.8) is 0 Å². The molecule has 2 N–H and O–H groups in total. The van der Waals surface area contributed by atoms with Gasteiger partial charge in [0.25, 0.3) is 0 Å². The second-order valence-electron chi connectivity index (χ2n) is 5.76. The van der Waals surface area contributed by atoms with Gasteiger partial charge in [-0.1, -0.05) is 48.2 Å². The van der Waals surface area contributed by atoms with Crippen LogP contribution in [0.25, 0.3) is 21.5 Å². The number of aromatic nitrogens is 3. The van der Waals surface area contributed by atoms with Gasteiger partial charge in [0.15, 0.2) is 5.82 Å². The Morgan fingerprint density at radius 2 is 2.00 bits per heavy atom. The van der Waals surface area contributed by atoms with Gasteiger partial charge in [0.2, 0.25) is 11.1 Å². The van der Waals surface area contributed by atoms with E-state index >= 15 is 0 Å². The average molecular weight is 380 g/mol. The fourth-order valence-corrected chi connectivity index (χ4v) is 3.93. The Morgan fingerprint density at radius 3 is 2.81 bits per heavy atom. The van der Waals surface area contributed by atoms with Gasteiger partial charge in [-0.25, -0.2) is 4.98 Å². The van der Waals surface area contributed by atoms with E-state index in [2.05, 4.69) is 20.5 Å². The van der Waals surface area contributed by atoms with E-state index in [4.69, 9.17) is 0 Å². The van der Waals surface area contributed by atoms with E-state index in [1.54, 1.807) is 11.3 Å². The van der Waals surface area contributed by atoms with Crippen molar-refractivity contribution in [2.45, 2.75) is 17.3 Å². The van der Waals surface area contributed by atoms with E-state index in [-0.39, 0.29) is 11.2 Å². The number of fused-ring (bicyclic) bond motifs is 1. The van der Waals surface area contributed by atoms with Crippen LogP contribution in [0.15, 0.2) is 65.1 Å². The van der Waals surface area contributed by atoms with Crippen molar-refractivity contribution in [1.29, 1.82) is 0 Å². The topological polar surface area (TPSA) is 70.7 Å². The fraction of sp³-hybridized carbons (Fsp3) is 0.105. The smallest absolute Gasteiger partial charge is 0.237 e.